The quantitative estimate of drug-likeness (QED) is 0.772. The summed E-state index contributed by atoms with van der Waals surface area (Å²) in [6.45, 7) is 8.77. The van der Waals surface area contributed by atoms with Gasteiger partial charge in [0.2, 0.25) is 5.91 Å². The lowest BCUT2D eigenvalue weighted by Gasteiger charge is -2.42. The van der Waals surface area contributed by atoms with Crippen LogP contribution in [-0.4, -0.2) is 97.4 Å². The number of amides is 1. The van der Waals surface area contributed by atoms with Crippen LogP contribution in [0.1, 0.15) is 25.7 Å². The zero-order valence-corrected chi connectivity index (χ0v) is 14.2. The summed E-state index contributed by atoms with van der Waals surface area (Å²) in [6, 6.07) is 0.630. The number of likely N-dealkylation sites (tertiary alicyclic amines) is 1. The van der Waals surface area contributed by atoms with Gasteiger partial charge in [-0.1, -0.05) is 0 Å². The van der Waals surface area contributed by atoms with Crippen molar-refractivity contribution in [3.05, 3.63) is 0 Å². The number of β-amino-alcohol motifs (C(OH)–C–C–N with tert-alkyl or cyclic N) is 1. The third kappa shape index (κ3) is 4.66. The maximum Gasteiger partial charge on any atom is 0.222 e. The van der Waals surface area contributed by atoms with Crippen molar-refractivity contribution in [2.75, 3.05) is 65.6 Å². The first kappa shape index (κ1) is 17.1. The van der Waals surface area contributed by atoms with Crippen molar-refractivity contribution in [1.82, 2.24) is 14.7 Å². The van der Waals surface area contributed by atoms with Gasteiger partial charge in [0.25, 0.3) is 0 Å². The molecule has 0 aromatic rings. The highest BCUT2D eigenvalue weighted by Gasteiger charge is 2.30. The van der Waals surface area contributed by atoms with Gasteiger partial charge in [-0.15, -0.1) is 0 Å². The van der Waals surface area contributed by atoms with Gasteiger partial charge in [0, 0.05) is 71.5 Å². The van der Waals surface area contributed by atoms with Gasteiger partial charge in [-0.2, -0.15) is 0 Å². The number of hydrogen-bond acceptors (Lipinski definition) is 5. The van der Waals surface area contributed by atoms with E-state index >= 15 is 0 Å². The first-order valence-corrected chi connectivity index (χ1v) is 9.19. The Bertz CT molecular complexity index is 371. The van der Waals surface area contributed by atoms with Crippen LogP contribution in [0.3, 0.4) is 0 Å². The molecule has 0 spiro atoms. The average molecular weight is 325 g/mol. The largest absolute Gasteiger partial charge is 0.395 e. The van der Waals surface area contributed by atoms with Crippen LogP contribution in [0.4, 0.5) is 0 Å². The number of carbonyl (C=O) groups excluding carboxylic acids is 1. The third-order valence-corrected chi connectivity index (χ3v) is 5.64. The van der Waals surface area contributed by atoms with Crippen LogP contribution in [0.15, 0.2) is 0 Å². The molecule has 0 aromatic carbocycles. The second-order valence-corrected chi connectivity index (χ2v) is 7.15. The Morgan fingerprint density at radius 1 is 1.04 bits per heavy atom. The molecule has 0 aromatic heterocycles. The number of aliphatic hydroxyl groups excluding tert-OH is 1. The molecule has 1 N–H and O–H groups in total. The molecule has 3 fully saturated rings. The molecule has 1 amide bonds. The Labute approximate surface area is 139 Å². The molecule has 23 heavy (non-hydrogen) atoms. The van der Waals surface area contributed by atoms with E-state index in [0.29, 0.717) is 24.3 Å². The van der Waals surface area contributed by atoms with E-state index in [-0.39, 0.29) is 6.61 Å². The number of hydrogen-bond donors (Lipinski definition) is 1. The second-order valence-electron chi connectivity index (χ2n) is 7.15. The highest BCUT2D eigenvalue weighted by molar-refractivity contribution is 5.76. The summed E-state index contributed by atoms with van der Waals surface area (Å²) >= 11 is 0. The molecule has 3 aliphatic rings. The van der Waals surface area contributed by atoms with Crippen molar-refractivity contribution >= 4 is 5.91 Å². The summed E-state index contributed by atoms with van der Waals surface area (Å²) in [4.78, 5) is 19.4. The lowest BCUT2D eigenvalue weighted by atomic mass is 9.99. The highest BCUT2D eigenvalue weighted by Crippen LogP contribution is 2.22. The minimum atomic E-state index is 0.256. The number of piperazine rings is 1. The van der Waals surface area contributed by atoms with E-state index in [0.717, 1.165) is 78.3 Å². The number of ether oxygens (including phenoxy) is 1. The lowest BCUT2D eigenvalue weighted by molar-refractivity contribution is -0.133. The van der Waals surface area contributed by atoms with Gasteiger partial charge < -0.3 is 14.7 Å². The maximum absolute atomic E-state index is 12.4. The molecule has 6 heteroatoms. The smallest absolute Gasteiger partial charge is 0.222 e. The molecule has 3 rings (SSSR count). The summed E-state index contributed by atoms with van der Waals surface area (Å²) < 4.78 is 5.37. The summed E-state index contributed by atoms with van der Waals surface area (Å²) in [6.07, 6.45) is 3.92. The van der Waals surface area contributed by atoms with E-state index < -0.39 is 0 Å². The van der Waals surface area contributed by atoms with Crippen molar-refractivity contribution in [3.63, 3.8) is 0 Å². The molecule has 6 nitrogen and oxygen atoms in total. The van der Waals surface area contributed by atoms with Crippen molar-refractivity contribution in [2.24, 2.45) is 5.92 Å². The van der Waals surface area contributed by atoms with Crippen molar-refractivity contribution in [3.8, 4) is 0 Å². The minimum absolute atomic E-state index is 0.256. The van der Waals surface area contributed by atoms with Crippen LogP contribution >= 0.6 is 0 Å². The molecule has 132 valence electrons. The molecular formula is C17H31N3O3. The Morgan fingerprint density at radius 2 is 1.78 bits per heavy atom. The Morgan fingerprint density at radius 3 is 2.39 bits per heavy atom. The molecule has 3 saturated heterocycles. The van der Waals surface area contributed by atoms with Crippen LogP contribution in [0.5, 0.6) is 0 Å². The standard InChI is InChI=1S/C17H31N3O3/c21-11-10-18-6-8-19(9-7-18)16-1-4-20(5-2-16)17(22)13-15-3-12-23-14-15/h15-16,21H,1-14H2/t15-/m0/s1. The van der Waals surface area contributed by atoms with Crippen molar-refractivity contribution < 1.29 is 14.6 Å². The number of rotatable bonds is 5. The van der Waals surface area contributed by atoms with Gasteiger partial charge in [-0.25, -0.2) is 0 Å². The predicted octanol–water partition coefficient (Wildman–Crippen LogP) is 0.0139. The van der Waals surface area contributed by atoms with Gasteiger partial charge in [-0.3, -0.25) is 14.6 Å². The van der Waals surface area contributed by atoms with Crippen molar-refractivity contribution in [2.45, 2.75) is 31.7 Å². The number of nitrogens with zero attached hydrogens (tertiary/aromatic N) is 3. The maximum atomic E-state index is 12.4. The Kier molecular flexibility index (Phi) is 6.28. The molecule has 0 bridgehead atoms. The number of aliphatic hydroxyl groups is 1. The lowest BCUT2D eigenvalue weighted by Crippen LogP contribution is -2.54. The van der Waals surface area contributed by atoms with E-state index in [2.05, 4.69) is 14.7 Å². The molecule has 0 saturated carbocycles. The summed E-state index contributed by atoms with van der Waals surface area (Å²) in [7, 11) is 0. The molecule has 0 radical (unpaired) electrons. The van der Waals surface area contributed by atoms with Gasteiger partial charge in [0.1, 0.15) is 0 Å². The van der Waals surface area contributed by atoms with Crippen molar-refractivity contribution in [1.29, 1.82) is 0 Å². The van der Waals surface area contributed by atoms with Crippen LogP contribution < -0.4 is 0 Å². The monoisotopic (exact) mass is 325 g/mol. The summed E-state index contributed by atoms with van der Waals surface area (Å²) in [5, 5.41) is 9.02. The zero-order chi connectivity index (χ0) is 16.1. The van der Waals surface area contributed by atoms with E-state index in [1.165, 1.54) is 0 Å². The van der Waals surface area contributed by atoms with Gasteiger partial charge in [0.05, 0.1) is 6.61 Å². The third-order valence-electron chi connectivity index (χ3n) is 5.64. The SMILES string of the molecule is O=C(C[C@@H]1CCOC1)N1CCC(N2CCN(CCO)CC2)CC1. The average Bonchev–Trinajstić information content (AvgIpc) is 3.09. The molecule has 1 atom stereocenters. The van der Waals surface area contributed by atoms with Gasteiger partial charge in [0.15, 0.2) is 0 Å². The second kappa shape index (κ2) is 8.42. The molecule has 0 unspecified atom stereocenters. The number of carbonyl (C=O) groups is 1. The predicted molar refractivity (Wildman–Crippen MR) is 88.2 cm³/mol. The van der Waals surface area contributed by atoms with Crippen LogP contribution in [0.25, 0.3) is 0 Å². The minimum Gasteiger partial charge on any atom is -0.395 e. The zero-order valence-electron chi connectivity index (χ0n) is 14.2. The normalized spacial score (nSPS) is 28.4. The van der Waals surface area contributed by atoms with E-state index in [9.17, 15) is 4.79 Å². The molecule has 3 aliphatic heterocycles. The molecular weight excluding hydrogens is 294 g/mol. The van der Waals surface area contributed by atoms with Gasteiger partial charge >= 0.3 is 0 Å². The van der Waals surface area contributed by atoms with E-state index in [4.69, 9.17) is 9.84 Å². The first-order chi connectivity index (χ1) is 11.3. The fourth-order valence-corrected chi connectivity index (χ4v) is 4.09. The van der Waals surface area contributed by atoms with Crippen LogP contribution in [-0.2, 0) is 9.53 Å². The van der Waals surface area contributed by atoms with Gasteiger partial charge in [-0.05, 0) is 25.2 Å². The molecule has 3 heterocycles. The first-order valence-electron chi connectivity index (χ1n) is 9.19. The summed E-state index contributed by atoms with van der Waals surface area (Å²) in [5.41, 5.74) is 0. The molecule has 0 aliphatic carbocycles. The number of piperidine rings is 1. The Balaban J connectivity index is 1.37. The van der Waals surface area contributed by atoms with Crippen LogP contribution in [0.2, 0.25) is 0 Å². The van der Waals surface area contributed by atoms with E-state index in [1.807, 2.05) is 0 Å². The topological polar surface area (TPSA) is 56.2 Å². The van der Waals surface area contributed by atoms with Crippen LogP contribution in [0, 0.1) is 5.92 Å². The summed E-state index contributed by atoms with van der Waals surface area (Å²) in [5.74, 6) is 0.770. The van der Waals surface area contributed by atoms with E-state index in [1.54, 1.807) is 0 Å². The fourth-order valence-electron chi connectivity index (χ4n) is 4.09. The highest BCUT2D eigenvalue weighted by atomic mass is 16.5. The Hall–Kier alpha value is -0.690. The fraction of sp³-hybridized carbons (Fsp3) is 0.941.